The molecule has 7 heteroatoms. The van der Waals surface area contributed by atoms with E-state index in [4.69, 9.17) is 11.0 Å². The van der Waals surface area contributed by atoms with Gasteiger partial charge in [0, 0.05) is 26.8 Å². The van der Waals surface area contributed by atoms with E-state index in [1.54, 1.807) is 21.9 Å². The Kier molecular flexibility index (Phi) is 3.66. The lowest BCUT2D eigenvalue weighted by molar-refractivity contribution is 0.939. The third kappa shape index (κ3) is 2.75. The first kappa shape index (κ1) is 13.5. The fraction of sp³-hybridized carbons (Fsp3) is 0.231. The van der Waals surface area contributed by atoms with E-state index in [9.17, 15) is 0 Å². The molecule has 0 amide bonds. The van der Waals surface area contributed by atoms with E-state index in [1.807, 2.05) is 33.3 Å². The van der Waals surface area contributed by atoms with Crippen molar-refractivity contribution >= 4 is 23.5 Å². The van der Waals surface area contributed by atoms with Gasteiger partial charge in [-0.1, -0.05) is 0 Å². The Morgan fingerprint density at radius 2 is 1.60 bits per heavy atom. The number of rotatable bonds is 3. The molecule has 2 aromatic rings. The highest BCUT2D eigenvalue weighted by molar-refractivity contribution is 5.59. The number of benzene rings is 1. The van der Waals surface area contributed by atoms with Crippen LogP contribution in [0.1, 0.15) is 5.56 Å². The lowest BCUT2D eigenvalue weighted by atomic mass is 10.2. The molecule has 0 radical (unpaired) electrons. The SMILES string of the molecule is CN(C)c1nc(N)nc(N(C)c2ccc(C#N)cc2)n1. The maximum absolute atomic E-state index is 8.80. The van der Waals surface area contributed by atoms with Crippen LogP contribution in [0.15, 0.2) is 24.3 Å². The number of aromatic nitrogens is 3. The van der Waals surface area contributed by atoms with Crippen molar-refractivity contribution < 1.29 is 0 Å². The van der Waals surface area contributed by atoms with Gasteiger partial charge in [0.15, 0.2) is 0 Å². The molecule has 0 aliphatic carbocycles. The van der Waals surface area contributed by atoms with E-state index in [-0.39, 0.29) is 5.95 Å². The lowest BCUT2D eigenvalue weighted by Crippen LogP contribution is -2.19. The normalized spacial score (nSPS) is 9.90. The zero-order chi connectivity index (χ0) is 14.7. The first-order valence-corrected chi connectivity index (χ1v) is 5.94. The molecule has 0 unspecified atom stereocenters. The van der Waals surface area contributed by atoms with Crippen molar-refractivity contribution in [3.05, 3.63) is 29.8 Å². The zero-order valence-corrected chi connectivity index (χ0v) is 11.6. The minimum Gasteiger partial charge on any atom is -0.368 e. The van der Waals surface area contributed by atoms with Gasteiger partial charge in [0.2, 0.25) is 17.8 Å². The third-order valence-electron chi connectivity index (χ3n) is 2.71. The largest absolute Gasteiger partial charge is 0.368 e. The average molecular weight is 269 g/mol. The molecule has 2 rings (SSSR count). The van der Waals surface area contributed by atoms with Crippen LogP contribution in [0.2, 0.25) is 0 Å². The van der Waals surface area contributed by atoms with Crippen LogP contribution < -0.4 is 15.5 Å². The van der Waals surface area contributed by atoms with Gasteiger partial charge in [0.25, 0.3) is 0 Å². The molecule has 1 aromatic heterocycles. The van der Waals surface area contributed by atoms with Gasteiger partial charge in [-0.3, -0.25) is 0 Å². The number of hydrogen-bond acceptors (Lipinski definition) is 7. The number of hydrogen-bond donors (Lipinski definition) is 1. The molecular weight excluding hydrogens is 254 g/mol. The van der Waals surface area contributed by atoms with Crippen molar-refractivity contribution in [2.75, 3.05) is 36.7 Å². The van der Waals surface area contributed by atoms with Crippen molar-refractivity contribution in [1.82, 2.24) is 15.0 Å². The Morgan fingerprint density at radius 3 is 2.15 bits per heavy atom. The van der Waals surface area contributed by atoms with Crippen LogP contribution in [0.3, 0.4) is 0 Å². The quantitative estimate of drug-likeness (QED) is 0.893. The standard InChI is InChI=1S/C13H15N7/c1-19(2)12-16-11(15)17-13(18-12)20(3)10-6-4-9(8-14)5-7-10/h4-7H,1-3H3,(H2,15,16,17,18). The minimum atomic E-state index is 0.166. The summed E-state index contributed by atoms with van der Waals surface area (Å²) in [6.07, 6.45) is 0. The molecule has 1 aromatic carbocycles. The predicted molar refractivity (Wildman–Crippen MR) is 77.8 cm³/mol. The second-order valence-electron chi connectivity index (χ2n) is 4.41. The number of nitriles is 1. The Hall–Kier alpha value is -2.88. The van der Waals surface area contributed by atoms with Crippen molar-refractivity contribution in [3.8, 4) is 6.07 Å². The van der Waals surface area contributed by atoms with Crippen LogP contribution in [0, 0.1) is 11.3 Å². The second kappa shape index (κ2) is 5.40. The Labute approximate surface area is 117 Å². The fourth-order valence-electron chi connectivity index (χ4n) is 1.59. The van der Waals surface area contributed by atoms with Crippen molar-refractivity contribution in [3.63, 3.8) is 0 Å². The second-order valence-corrected chi connectivity index (χ2v) is 4.41. The number of nitrogen functional groups attached to an aromatic ring is 1. The summed E-state index contributed by atoms with van der Waals surface area (Å²) >= 11 is 0. The molecule has 0 bridgehead atoms. The average Bonchev–Trinajstić information content (AvgIpc) is 2.46. The smallest absolute Gasteiger partial charge is 0.236 e. The summed E-state index contributed by atoms with van der Waals surface area (Å²) in [6, 6.07) is 9.21. The Bertz CT molecular complexity index is 643. The van der Waals surface area contributed by atoms with Gasteiger partial charge in [-0.15, -0.1) is 0 Å². The highest BCUT2D eigenvalue weighted by atomic mass is 15.3. The summed E-state index contributed by atoms with van der Waals surface area (Å²) in [5.41, 5.74) is 7.16. The molecule has 0 spiro atoms. The Balaban J connectivity index is 2.37. The molecule has 0 aliphatic heterocycles. The predicted octanol–water partition coefficient (Wildman–Crippen LogP) is 1.16. The monoisotopic (exact) mass is 269 g/mol. The van der Waals surface area contributed by atoms with Crippen LogP contribution in [0.25, 0.3) is 0 Å². The van der Waals surface area contributed by atoms with Gasteiger partial charge < -0.3 is 15.5 Å². The third-order valence-corrected chi connectivity index (χ3v) is 2.71. The van der Waals surface area contributed by atoms with Crippen LogP contribution in [0.4, 0.5) is 23.5 Å². The molecule has 0 atom stereocenters. The zero-order valence-electron chi connectivity index (χ0n) is 11.6. The van der Waals surface area contributed by atoms with Gasteiger partial charge in [0.05, 0.1) is 11.6 Å². The topological polar surface area (TPSA) is 95.0 Å². The first-order valence-electron chi connectivity index (χ1n) is 5.94. The fourth-order valence-corrected chi connectivity index (χ4v) is 1.59. The molecular formula is C13H15N7. The van der Waals surface area contributed by atoms with Crippen molar-refractivity contribution in [1.29, 1.82) is 5.26 Å². The maximum Gasteiger partial charge on any atom is 0.236 e. The summed E-state index contributed by atoms with van der Waals surface area (Å²) in [5, 5.41) is 8.80. The molecule has 0 fully saturated rings. The molecule has 0 aliphatic rings. The van der Waals surface area contributed by atoms with Gasteiger partial charge >= 0.3 is 0 Å². The summed E-state index contributed by atoms with van der Waals surface area (Å²) in [6.45, 7) is 0. The lowest BCUT2D eigenvalue weighted by Gasteiger charge is -2.19. The van der Waals surface area contributed by atoms with Gasteiger partial charge in [-0.05, 0) is 24.3 Å². The number of nitrogens with zero attached hydrogens (tertiary/aromatic N) is 6. The summed E-state index contributed by atoms with van der Waals surface area (Å²) in [5.74, 6) is 1.11. The molecule has 20 heavy (non-hydrogen) atoms. The van der Waals surface area contributed by atoms with E-state index >= 15 is 0 Å². The molecule has 0 saturated carbocycles. The van der Waals surface area contributed by atoms with E-state index in [0.717, 1.165) is 5.69 Å². The number of nitrogens with two attached hydrogens (primary N) is 1. The maximum atomic E-state index is 8.80. The summed E-state index contributed by atoms with van der Waals surface area (Å²) in [4.78, 5) is 16.1. The van der Waals surface area contributed by atoms with Gasteiger partial charge in [-0.2, -0.15) is 20.2 Å². The molecule has 7 nitrogen and oxygen atoms in total. The van der Waals surface area contributed by atoms with Crippen molar-refractivity contribution in [2.24, 2.45) is 0 Å². The van der Waals surface area contributed by atoms with E-state index in [1.165, 1.54) is 0 Å². The van der Waals surface area contributed by atoms with Gasteiger partial charge in [-0.25, -0.2) is 0 Å². The summed E-state index contributed by atoms with van der Waals surface area (Å²) < 4.78 is 0. The Morgan fingerprint density at radius 1 is 1.00 bits per heavy atom. The van der Waals surface area contributed by atoms with Crippen LogP contribution in [0.5, 0.6) is 0 Å². The van der Waals surface area contributed by atoms with Crippen LogP contribution >= 0.6 is 0 Å². The first-order chi connectivity index (χ1) is 9.51. The number of anilines is 4. The molecule has 102 valence electrons. The minimum absolute atomic E-state index is 0.166. The van der Waals surface area contributed by atoms with E-state index in [2.05, 4.69) is 21.0 Å². The van der Waals surface area contributed by atoms with E-state index in [0.29, 0.717) is 17.5 Å². The molecule has 2 N–H and O–H groups in total. The molecule has 1 heterocycles. The highest BCUT2D eigenvalue weighted by Gasteiger charge is 2.11. The van der Waals surface area contributed by atoms with Crippen molar-refractivity contribution in [2.45, 2.75) is 0 Å². The summed E-state index contributed by atoms with van der Waals surface area (Å²) in [7, 11) is 5.50. The van der Waals surface area contributed by atoms with Crippen LogP contribution in [-0.4, -0.2) is 36.1 Å². The molecule has 0 saturated heterocycles. The van der Waals surface area contributed by atoms with Gasteiger partial charge in [0.1, 0.15) is 0 Å². The van der Waals surface area contributed by atoms with Crippen LogP contribution in [-0.2, 0) is 0 Å². The highest BCUT2D eigenvalue weighted by Crippen LogP contribution is 2.22. The van der Waals surface area contributed by atoms with E-state index < -0.39 is 0 Å².